The molecule has 0 bridgehead atoms. The molecule has 5 aromatic carbocycles. The van der Waals surface area contributed by atoms with Gasteiger partial charge in [0.1, 0.15) is 0 Å². The van der Waals surface area contributed by atoms with E-state index in [1.807, 2.05) is 60.7 Å². The summed E-state index contributed by atoms with van der Waals surface area (Å²) in [5.41, 5.74) is -4.66. The zero-order valence-electron chi connectivity index (χ0n) is 16.4. The molecule has 5 rings (SSSR count). The molecule has 0 unspecified atom stereocenters. The molecule has 0 spiro atoms. The van der Waals surface area contributed by atoms with Crippen LogP contribution >= 0.6 is 0 Å². The molecule has 3 nitrogen and oxygen atoms in total. The molecule has 0 amide bonds. The molecule has 0 aromatic heterocycles. The van der Waals surface area contributed by atoms with E-state index in [0.717, 1.165) is 26.9 Å². The second-order valence-corrected chi connectivity index (χ2v) is 8.87. The Morgan fingerprint density at radius 1 is 0.625 bits per heavy atom. The maximum absolute atomic E-state index is 13.1. The highest BCUT2D eigenvalue weighted by Crippen LogP contribution is 2.44. The van der Waals surface area contributed by atoms with Gasteiger partial charge in [0.25, 0.3) is 0 Å². The summed E-state index contributed by atoms with van der Waals surface area (Å²) in [6, 6.07) is 26.9. The second kappa shape index (κ2) is 7.24. The van der Waals surface area contributed by atoms with Crippen molar-refractivity contribution in [1.82, 2.24) is 0 Å². The summed E-state index contributed by atoms with van der Waals surface area (Å²) in [5.74, 6) is -0.374. The molecule has 0 fully saturated rings. The highest BCUT2D eigenvalue weighted by atomic mass is 32.2. The van der Waals surface area contributed by atoms with E-state index in [1.165, 1.54) is 6.07 Å². The Morgan fingerprint density at radius 2 is 1.19 bits per heavy atom. The van der Waals surface area contributed by atoms with Crippen LogP contribution in [0.15, 0.2) is 91.0 Å². The van der Waals surface area contributed by atoms with Crippen LogP contribution in [-0.4, -0.2) is 13.9 Å². The fourth-order valence-corrected chi connectivity index (χ4v) is 4.50. The van der Waals surface area contributed by atoms with Gasteiger partial charge in [0.15, 0.2) is 5.75 Å². The van der Waals surface area contributed by atoms with E-state index in [9.17, 15) is 21.6 Å². The lowest BCUT2D eigenvalue weighted by molar-refractivity contribution is -0.0499. The van der Waals surface area contributed by atoms with Gasteiger partial charge in [0, 0.05) is 5.56 Å². The predicted octanol–water partition coefficient (Wildman–Crippen LogP) is 7.04. The summed E-state index contributed by atoms with van der Waals surface area (Å²) >= 11 is 0. The van der Waals surface area contributed by atoms with E-state index in [-0.39, 0.29) is 11.3 Å². The topological polar surface area (TPSA) is 43.4 Å². The van der Waals surface area contributed by atoms with Crippen molar-refractivity contribution in [2.24, 2.45) is 0 Å². The molecule has 5 aromatic rings. The van der Waals surface area contributed by atoms with Crippen LogP contribution in [0.5, 0.6) is 5.75 Å². The Labute approximate surface area is 181 Å². The minimum atomic E-state index is -5.85. The molecule has 0 heterocycles. The van der Waals surface area contributed by atoms with Gasteiger partial charge in [-0.25, -0.2) is 0 Å². The first-order valence-corrected chi connectivity index (χ1v) is 11.1. The summed E-state index contributed by atoms with van der Waals surface area (Å²) in [6.07, 6.45) is 0. The van der Waals surface area contributed by atoms with Gasteiger partial charge < -0.3 is 4.18 Å². The highest BCUT2D eigenvalue weighted by Gasteiger charge is 2.49. The first-order valence-electron chi connectivity index (χ1n) is 9.70. The number of hydrogen-bond acceptors (Lipinski definition) is 3. The molecule has 0 saturated heterocycles. The minimum Gasteiger partial charge on any atom is -0.375 e. The molecular formula is C25H15F3O3S. The number of hydrogen-bond donors (Lipinski definition) is 0. The Kier molecular flexibility index (Phi) is 4.60. The van der Waals surface area contributed by atoms with Crippen molar-refractivity contribution >= 4 is 42.4 Å². The Hall–Kier alpha value is -3.58. The van der Waals surface area contributed by atoms with E-state index in [1.54, 1.807) is 24.3 Å². The summed E-state index contributed by atoms with van der Waals surface area (Å²) in [4.78, 5) is 0. The quantitative estimate of drug-likeness (QED) is 0.167. The van der Waals surface area contributed by atoms with E-state index < -0.39 is 15.6 Å². The normalized spacial score (nSPS) is 12.5. The predicted molar refractivity (Wildman–Crippen MR) is 120 cm³/mol. The number of alkyl halides is 3. The van der Waals surface area contributed by atoms with Gasteiger partial charge in [0.2, 0.25) is 0 Å². The third kappa shape index (κ3) is 3.26. The number of benzene rings is 5. The lowest BCUT2D eigenvalue weighted by atomic mass is 9.90. The number of rotatable bonds is 3. The average Bonchev–Trinajstić information content (AvgIpc) is 2.77. The molecular weight excluding hydrogens is 437 g/mol. The molecule has 0 saturated carbocycles. The molecule has 32 heavy (non-hydrogen) atoms. The SMILES string of the molecule is O=S(=O)(Oc1ccc2ccccc2c1-c1cc2ccccc2c2ccccc12)C(F)(F)F. The van der Waals surface area contributed by atoms with Gasteiger partial charge in [-0.05, 0) is 50.0 Å². The van der Waals surface area contributed by atoms with Gasteiger partial charge in [-0.3, -0.25) is 0 Å². The largest absolute Gasteiger partial charge is 0.534 e. The molecule has 0 aliphatic rings. The highest BCUT2D eigenvalue weighted by molar-refractivity contribution is 7.88. The van der Waals surface area contributed by atoms with Gasteiger partial charge in [-0.1, -0.05) is 78.9 Å². The zero-order chi connectivity index (χ0) is 22.5. The zero-order valence-corrected chi connectivity index (χ0v) is 17.2. The smallest absolute Gasteiger partial charge is 0.375 e. The summed E-state index contributed by atoms with van der Waals surface area (Å²) in [7, 11) is -5.85. The molecule has 0 radical (unpaired) electrons. The lowest BCUT2D eigenvalue weighted by Crippen LogP contribution is -2.28. The maximum atomic E-state index is 13.1. The molecule has 0 aliphatic heterocycles. The summed E-state index contributed by atoms with van der Waals surface area (Å²) in [6.45, 7) is 0. The number of fused-ring (bicyclic) bond motifs is 4. The van der Waals surface area contributed by atoms with Gasteiger partial charge in [0.05, 0.1) is 0 Å². The summed E-state index contributed by atoms with van der Waals surface area (Å²) < 4.78 is 67.8. The van der Waals surface area contributed by atoms with E-state index in [0.29, 0.717) is 10.9 Å². The van der Waals surface area contributed by atoms with Crippen molar-refractivity contribution < 1.29 is 25.8 Å². The van der Waals surface area contributed by atoms with Crippen molar-refractivity contribution in [3.63, 3.8) is 0 Å². The summed E-state index contributed by atoms with van der Waals surface area (Å²) in [5, 5.41) is 4.87. The van der Waals surface area contributed by atoms with Crippen LogP contribution in [0.2, 0.25) is 0 Å². The van der Waals surface area contributed by atoms with Gasteiger partial charge >= 0.3 is 15.6 Å². The van der Waals surface area contributed by atoms with Crippen molar-refractivity contribution in [2.75, 3.05) is 0 Å². The standard InChI is InChI=1S/C25H15F3O3S/c26-25(27,28)32(29,30)31-23-14-13-16-7-1-4-10-19(16)24(23)22-15-17-8-2-3-9-18(17)20-11-5-6-12-21(20)22/h1-15H. The monoisotopic (exact) mass is 452 g/mol. The van der Waals surface area contributed by atoms with Crippen LogP contribution in [0.1, 0.15) is 0 Å². The Balaban J connectivity index is 1.91. The first kappa shape index (κ1) is 20.3. The van der Waals surface area contributed by atoms with E-state index in [4.69, 9.17) is 0 Å². The fraction of sp³-hybridized carbons (Fsp3) is 0.0400. The molecule has 160 valence electrons. The molecule has 0 N–H and O–H groups in total. The third-order valence-electron chi connectivity index (χ3n) is 5.41. The van der Waals surface area contributed by atoms with Crippen LogP contribution in [0.25, 0.3) is 43.4 Å². The van der Waals surface area contributed by atoms with Crippen molar-refractivity contribution in [2.45, 2.75) is 5.51 Å². The second-order valence-electron chi connectivity index (χ2n) is 7.33. The van der Waals surface area contributed by atoms with Crippen LogP contribution < -0.4 is 4.18 Å². The Bertz CT molecular complexity index is 1610. The van der Waals surface area contributed by atoms with Gasteiger partial charge in [-0.15, -0.1) is 0 Å². The molecule has 7 heteroatoms. The van der Waals surface area contributed by atoms with Crippen molar-refractivity contribution in [3.8, 4) is 16.9 Å². The fourth-order valence-electron chi connectivity index (χ4n) is 4.03. The molecule has 0 aliphatic carbocycles. The Morgan fingerprint density at radius 3 is 1.88 bits per heavy atom. The van der Waals surface area contributed by atoms with Crippen LogP contribution in [-0.2, 0) is 10.1 Å². The van der Waals surface area contributed by atoms with E-state index in [2.05, 4.69) is 4.18 Å². The number of halogens is 3. The first-order chi connectivity index (χ1) is 15.3. The van der Waals surface area contributed by atoms with Gasteiger partial charge in [-0.2, -0.15) is 21.6 Å². The lowest BCUT2D eigenvalue weighted by Gasteiger charge is -2.18. The van der Waals surface area contributed by atoms with Crippen LogP contribution in [0.4, 0.5) is 13.2 Å². The third-order valence-corrected chi connectivity index (χ3v) is 6.38. The van der Waals surface area contributed by atoms with Crippen molar-refractivity contribution in [1.29, 1.82) is 0 Å². The van der Waals surface area contributed by atoms with Crippen LogP contribution in [0, 0.1) is 0 Å². The van der Waals surface area contributed by atoms with Crippen molar-refractivity contribution in [3.05, 3.63) is 91.0 Å². The van der Waals surface area contributed by atoms with Crippen LogP contribution in [0.3, 0.4) is 0 Å². The van der Waals surface area contributed by atoms with E-state index >= 15 is 0 Å². The molecule has 0 atom stereocenters. The average molecular weight is 452 g/mol. The minimum absolute atomic E-state index is 0.290. The maximum Gasteiger partial charge on any atom is 0.534 e.